The van der Waals surface area contributed by atoms with Crippen molar-refractivity contribution in [2.24, 2.45) is 0 Å². The fourth-order valence-electron chi connectivity index (χ4n) is 1.81. The molecule has 0 radical (unpaired) electrons. The largest absolute Gasteiger partial charge is 0.322 e. The molecule has 2 N–H and O–H groups in total. The summed E-state index contributed by atoms with van der Waals surface area (Å²) >= 11 is 5.85. The van der Waals surface area contributed by atoms with Crippen molar-refractivity contribution in [3.8, 4) is 0 Å². The first-order valence-electron chi connectivity index (χ1n) is 6.70. The summed E-state index contributed by atoms with van der Waals surface area (Å²) in [5, 5.41) is 3.20. The van der Waals surface area contributed by atoms with Crippen LogP contribution in [0.3, 0.4) is 0 Å². The molecule has 0 unspecified atom stereocenters. The van der Waals surface area contributed by atoms with E-state index in [1.54, 1.807) is 24.3 Å². The van der Waals surface area contributed by atoms with Crippen LogP contribution in [0.15, 0.2) is 66.1 Å². The molecule has 2 aromatic rings. The van der Waals surface area contributed by atoms with Gasteiger partial charge >= 0.3 is 0 Å². The number of nitrogens with one attached hydrogen (secondary N) is 2. The molecule has 0 bridgehead atoms. The van der Waals surface area contributed by atoms with E-state index >= 15 is 0 Å². The second kappa shape index (κ2) is 7.41. The summed E-state index contributed by atoms with van der Waals surface area (Å²) < 4.78 is 26.2. The number of carbonyl (C=O) groups excluding carboxylic acids is 1. The molecule has 0 saturated carbocycles. The maximum absolute atomic E-state index is 12.1. The minimum atomic E-state index is -3.60. The average molecular weight is 351 g/mol. The van der Waals surface area contributed by atoms with Crippen molar-refractivity contribution < 1.29 is 13.2 Å². The van der Waals surface area contributed by atoms with Gasteiger partial charge in [0.25, 0.3) is 5.91 Å². The summed E-state index contributed by atoms with van der Waals surface area (Å²) in [6.07, 6.45) is 1.45. The smallest absolute Gasteiger partial charge is 0.255 e. The Bertz CT molecular complexity index is 817. The number of rotatable bonds is 6. The lowest BCUT2D eigenvalue weighted by molar-refractivity contribution is 0.102. The van der Waals surface area contributed by atoms with E-state index in [-0.39, 0.29) is 17.3 Å². The highest BCUT2D eigenvalue weighted by molar-refractivity contribution is 7.89. The molecule has 0 atom stereocenters. The summed E-state index contributed by atoms with van der Waals surface area (Å²) in [4.78, 5) is 12.2. The molecule has 0 spiro atoms. The number of carbonyl (C=O) groups is 1. The maximum Gasteiger partial charge on any atom is 0.255 e. The third-order valence-corrected chi connectivity index (χ3v) is 4.60. The molecular formula is C16H15ClN2O3S. The molecule has 2 rings (SSSR count). The zero-order valence-corrected chi connectivity index (χ0v) is 13.7. The topological polar surface area (TPSA) is 75.3 Å². The SMILES string of the molecule is C=CCNS(=O)(=O)c1ccc(C(=O)Nc2cccc(Cl)c2)cc1. The van der Waals surface area contributed by atoms with Gasteiger partial charge < -0.3 is 5.32 Å². The molecule has 1 amide bonds. The normalized spacial score (nSPS) is 11.0. The highest BCUT2D eigenvalue weighted by Crippen LogP contribution is 2.16. The number of anilines is 1. The van der Waals surface area contributed by atoms with Crippen LogP contribution in [0.2, 0.25) is 5.02 Å². The van der Waals surface area contributed by atoms with Crippen LogP contribution in [0, 0.1) is 0 Å². The summed E-state index contributed by atoms with van der Waals surface area (Å²) in [5.41, 5.74) is 0.902. The van der Waals surface area contributed by atoms with E-state index in [1.165, 1.54) is 30.3 Å². The quantitative estimate of drug-likeness (QED) is 0.786. The van der Waals surface area contributed by atoms with Crippen molar-refractivity contribution in [1.82, 2.24) is 4.72 Å². The van der Waals surface area contributed by atoms with E-state index in [0.717, 1.165) is 0 Å². The fraction of sp³-hybridized carbons (Fsp3) is 0.0625. The van der Waals surface area contributed by atoms with Crippen LogP contribution in [0.25, 0.3) is 0 Å². The highest BCUT2D eigenvalue weighted by Gasteiger charge is 2.14. The van der Waals surface area contributed by atoms with Crippen molar-refractivity contribution >= 4 is 33.2 Å². The van der Waals surface area contributed by atoms with Gasteiger partial charge in [0.15, 0.2) is 0 Å². The van der Waals surface area contributed by atoms with Crippen molar-refractivity contribution in [2.45, 2.75) is 4.90 Å². The van der Waals surface area contributed by atoms with E-state index in [0.29, 0.717) is 16.3 Å². The molecule has 0 fully saturated rings. The Kier molecular flexibility index (Phi) is 5.54. The number of halogens is 1. The zero-order chi connectivity index (χ0) is 16.9. The van der Waals surface area contributed by atoms with Crippen LogP contribution < -0.4 is 10.0 Å². The molecule has 0 heterocycles. The van der Waals surface area contributed by atoms with E-state index in [9.17, 15) is 13.2 Å². The molecular weight excluding hydrogens is 336 g/mol. The van der Waals surface area contributed by atoms with Gasteiger partial charge in [0, 0.05) is 22.8 Å². The lowest BCUT2D eigenvalue weighted by Gasteiger charge is -2.07. The van der Waals surface area contributed by atoms with E-state index in [4.69, 9.17) is 11.6 Å². The van der Waals surface area contributed by atoms with Crippen molar-refractivity contribution in [1.29, 1.82) is 0 Å². The summed E-state index contributed by atoms with van der Waals surface area (Å²) in [6, 6.07) is 12.4. The maximum atomic E-state index is 12.1. The van der Waals surface area contributed by atoms with Crippen LogP contribution >= 0.6 is 11.6 Å². The fourth-order valence-corrected chi connectivity index (χ4v) is 3.00. The summed E-state index contributed by atoms with van der Waals surface area (Å²) in [5.74, 6) is -0.352. The lowest BCUT2D eigenvalue weighted by Crippen LogP contribution is -2.23. The van der Waals surface area contributed by atoms with E-state index < -0.39 is 10.0 Å². The van der Waals surface area contributed by atoms with Crippen molar-refractivity contribution in [3.05, 3.63) is 71.8 Å². The molecule has 2 aromatic carbocycles. The van der Waals surface area contributed by atoms with Gasteiger partial charge in [-0.1, -0.05) is 23.7 Å². The highest BCUT2D eigenvalue weighted by atomic mass is 35.5. The van der Waals surface area contributed by atoms with Crippen LogP contribution in [0.5, 0.6) is 0 Å². The second-order valence-corrected chi connectivity index (χ2v) is 6.83. The molecule has 23 heavy (non-hydrogen) atoms. The number of amides is 1. The Hall–Kier alpha value is -2.15. The Balaban J connectivity index is 2.13. The van der Waals surface area contributed by atoms with Crippen LogP contribution in [0.4, 0.5) is 5.69 Å². The third kappa shape index (κ3) is 4.66. The molecule has 7 heteroatoms. The zero-order valence-electron chi connectivity index (χ0n) is 12.1. The van der Waals surface area contributed by atoms with Gasteiger partial charge in [-0.15, -0.1) is 6.58 Å². The lowest BCUT2D eigenvalue weighted by atomic mass is 10.2. The molecule has 5 nitrogen and oxygen atoms in total. The Morgan fingerprint density at radius 3 is 2.48 bits per heavy atom. The molecule has 0 aromatic heterocycles. The van der Waals surface area contributed by atoms with Gasteiger partial charge in [0.1, 0.15) is 0 Å². The van der Waals surface area contributed by atoms with Gasteiger partial charge in [-0.3, -0.25) is 4.79 Å². The minimum absolute atomic E-state index is 0.0821. The standard InChI is InChI=1S/C16H15ClN2O3S/c1-2-10-18-23(21,22)15-8-6-12(7-9-15)16(20)19-14-5-3-4-13(17)11-14/h2-9,11,18H,1,10H2,(H,19,20). The van der Waals surface area contributed by atoms with Crippen LogP contribution in [-0.2, 0) is 10.0 Å². The average Bonchev–Trinajstić information content (AvgIpc) is 2.53. The molecule has 0 saturated heterocycles. The minimum Gasteiger partial charge on any atom is -0.322 e. The Labute approximate surface area is 140 Å². The third-order valence-electron chi connectivity index (χ3n) is 2.93. The van der Waals surface area contributed by atoms with Crippen LogP contribution in [0.1, 0.15) is 10.4 Å². The van der Waals surface area contributed by atoms with E-state index in [1.807, 2.05) is 0 Å². The summed E-state index contributed by atoms with van der Waals surface area (Å²) in [6.45, 7) is 3.59. The van der Waals surface area contributed by atoms with Gasteiger partial charge in [0.2, 0.25) is 10.0 Å². The first-order valence-corrected chi connectivity index (χ1v) is 8.56. The number of sulfonamides is 1. The monoisotopic (exact) mass is 350 g/mol. The Morgan fingerprint density at radius 2 is 1.87 bits per heavy atom. The predicted molar refractivity (Wildman–Crippen MR) is 91.2 cm³/mol. The number of hydrogen-bond donors (Lipinski definition) is 2. The molecule has 120 valence electrons. The van der Waals surface area contributed by atoms with E-state index in [2.05, 4.69) is 16.6 Å². The molecule has 0 aliphatic carbocycles. The first-order chi connectivity index (χ1) is 10.9. The van der Waals surface area contributed by atoms with Gasteiger partial charge in [-0.25, -0.2) is 13.1 Å². The van der Waals surface area contributed by atoms with Gasteiger partial charge in [-0.2, -0.15) is 0 Å². The van der Waals surface area contributed by atoms with Gasteiger partial charge in [0.05, 0.1) is 4.90 Å². The number of benzene rings is 2. The van der Waals surface area contributed by atoms with Crippen LogP contribution in [-0.4, -0.2) is 20.9 Å². The Morgan fingerprint density at radius 1 is 1.17 bits per heavy atom. The molecule has 0 aliphatic rings. The molecule has 0 aliphatic heterocycles. The second-order valence-electron chi connectivity index (χ2n) is 4.63. The first kappa shape index (κ1) is 17.2. The predicted octanol–water partition coefficient (Wildman–Crippen LogP) is 3.06. The summed E-state index contributed by atoms with van der Waals surface area (Å²) in [7, 11) is -3.60. The number of hydrogen-bond acceptors (Lipinski definition) is 3. The van der Waals surface area contributed by atoms with Crippen molar-refractivity contribution in [2.75, 3.05) is 11.9 Å². The van der Waals surface area contributed by atoms with Crippen molar-refractivity contribution in [3.63, 3.8) is 0 Å². The van der Waals surface area contributed by atoms with Gasteiger partial charge in [-0.05, 0) is 42.5 Å².